The van der Waals surface area contributed by atoms with E-state index in [1.54, 1.807) is 0 Å². The molecule has 0 unspecified atom stereocenters. The van der Waals surface area contributed by atoms with Crippen LogP contribution in [-0.2, 0) is 0 Å². The molecule has 0 radical (unpaired) electrons. The summed E-state index contributed by atoms with van der Waals surface area (Å²) in [5, 5.41) is 4.57. The van der Waals surface area contributed by atoms with Gasteiger partial charge in [0.05, 0.1) is 22.4 Å². The van der Waals surface area contributed by atoms with E-state index in [0.29, 0.717) is 5.89 Å². The van der Waals surface area contributed by atoms with Gasteiger partial charge in [0.25, 0.3) is 0 Å². The molecule has 0 N–H and O–H groups in total. The van der Waals surface area contributed by atoms with Crippen molar-refractivity contribution < 1.29 is 4.42 Å². The van der Waals surface area contributed by atoms with Gasteiger partial charge < -0.3 is 13.9 Å². The van der Waals surface area contributed by atoms with Crippen molar-refractivity contribution in [3.63, 3.8) is 0 Å². The van der Waals surface area contributed by atoms with E-state index in [-0.39, 0.29) is 0 Å². The second-order valence-corrected chi connectivity index (χ2v) is 12.8. The normalized spacial score (nSPS) is 11.5. The molecule has 240 valence electrons. The topological polar surface area (TPSA) is 34.2 Å². The van der Waals surface area contributed by atoms with Crippen LogP contribution in [-0.4, -0.2) is 9.55 Å². The maximum absolute atomic E-state index is 6.31. The first-order valence-electron chi connectivity index (χ1n) is 17.2. The van der Waals surface area contributed by atoms with Crippen molar-refractivity contribution in [2.24, 2.45) is 0 Å². The molecule has 2 heterocycles. The number of hydrogen-bond donors (Lipinski definition) is 0. The first-order valence-corrected chi connectivity index (χ1v) is 17.2. The van der Waals surface area contributed by atoms with Gasteiger partial charge in [0, 0.05) is 44.0 Å². The number of oxazole rings is 1. The summed E-state index contributed by atoms with van der Waals surface area (Å²) in [4.78, 5) is 7.45. The molecule has 0 fully saturated rings. The predicted octanol–water partition coefficient (Wildman–Crippen LogP) is 12.9. The van der Waals surface area contributed by atoms with Gasteiger partial charge in [-0.1, -0.05) is 121 Å². The van der Waals surface area contributed by atoms with Crippen LogP contribution in [0.1, 0.15) is 0 Å². The summed E-state index contributed by atoms with van der Waals surface area (Å²) in [6.07, 6.45) is 0. The van der Waals surface area contributed by atoms with Gasteiger partial charge in [-0.05, 0) is 72.3 Å². The molecule has 0 saturated heterocycles. The minimum Gasteiger partial charge on any atom is -0.436 e. The molecule has 0 spiro atoms. The second kappa shape index (κ2) is 11.9. The summed E-state index contributed by atoms with van der Waals surface area (Å²) in [5.74, 6) is 0.619. The number of aromatic nitrogens is 2. The fourth-order valence-electron chi connectivity index (χ4n) is 7.52. The highest BCUT2D eigenvalue weighted by Crippen LogP contribution is 2.46. The minimum absolute atomic E-state index is 0.619. The van der Waals surface area contributed by atoms with Gasteiger partial charge in [-0.25, -0.2) is 4.98 Å². The lowest BCUT2D eigenvalue weighted by molar-refractivity contribution is 0.620. The van der Waals surface area contributed by atoms with Crippen molar-refractivity contribution in [3.05, 3.63) is 188 Å². The first kappa shape index (κ1) is 29.0. The molecule has 0 atom stereocenters. The third kappa shape index (κ3) is 4.80. The predicted molar refractivity (Wildman–Crippen MR) is 211 cm³/mol. The van der Waals surface area contributed by atoms with E-state index in [9.17, 15) is 0 Å². The number of benzene rings is 8. The van der Waals surface area contributed by atoms with Gasteiger partial charge in [-0.2, -0.15) is 0 Å². The van der Waals surface area contributed by atoms with Crippen LogP contribution in [0.2, 0.25) is 0 Å². The third-order valence-electron chi connectivity index (χ3n) is 9.81. The Hall–Kier alpha value is -6.91. The van der Waals surface area contributed by atoms with Crippen LogP contribution < -0.4 is 4.90 Å². The molecular weight excluding hydrogens is 623 g/mol. The van der Waals surface area contributed by atoms with Crippen molar-refractivity contribution >= 4 is 60.7 Å². The molecule has 0 aliphatic rings. The highest BCUT2D eigenvalue weighted by atomic mass is 16.3. The molecule has 2 aromatic heterocycles. The number of fused-ring (bicyclic) bond motifs is 6. The monoisotopic (exact) mass is 653 g/mol. The molecule has 0 aliphatic carbocycles. The SMILES string of the molecule is c1ccc(-c2nc3c(ccc4c(N(c5ccc6c7ccccc7n(-c7ccccc7)c6c5)c5ccccc5-c5ccccc5)cccc43)o2)cc1. The lowest BCUT2D eigenvalue weighted by Gasteiger charge is -2.29. The smallest absolute Gasteiger partial charge is 0.227 e. The summed E-state index contributed by atoms with van der Waals surface area (Å²) >= 11 is 0. The zero-order valence-electron chi connectivity index (χ0n) is 27.6. The van der Waals surface area contributed by atoms with Crippen LogP contribution in [0.3, 0.4) is 0 Å². The van der Waals surface area contributed by atoms with E-state index < -0.39 is 0 Å². The standard InChI is InChI=1S/C47H31N3O/c1-4-15-32(16-5-1)36-21-10-12-24-41(36)50(35-27-28-38-37-22-11-13-25-42(37)49(44(38)31-35)34-19-8-3-9-20-34)43-26-14-23-40-39(43)29-30-45-46(40)48-47(51-45)33-17-6-2-7-18-33/h1-31H. The average Bonchev–Trinajstić information content (AvgIpc) is 3.79. The van der Waals surface area contributed by atoms with Crippen LogP contribution in [0, 0.1) is 0 Å². The summed E-state index contributed by atoms with van der Waals surface area (Å²) in [7, 11) is 0. The zero-order chi connectivity index (χ0) is 33.7. The Morgan fingerprint density at radius 2 is 1.08 bits per heavy atom. The van der Waals surface area contributed by atoms with E-state index in [4.69, 9.17) is 9.40 Å². The molecular formula is C47H31N3O. The number of anilines is 3. The summed E-state index contributed by atoms with van der Waals surface area (Å²) < 4.78 is 8.69. The van der Waals surface area contributed by atoms with Crippen molar-refractivity contribution in [1.29, 1.82) is 0 Å². The Kier molecular flexibility index (Phi) is 6.78. The Balaban J connectivity index is 1.26. The molecule has 51 heavy (non-hydrogen) atoms. The quantitative estimate of drug-likeness (QED) is 0.179. The third-order valence-corrected chi connectivity index (χ3v) is 9.81. The highest BCUT2D eigenvalue weighted by molar-refractivity contribution is 6.13. The van der Waals surface area contributed by atoms with Gasteiger partial charge in [0.15, 0.2) is 5.58 Å². The molecule has 0 aliphatic heterocycles. The maximum Gasteiger partial charge on any atom is 0.227 e. The summed E-state index contributed by atoms with van der Waals surface area (Å²) in [6.45, 7) is 0. The lowest BCUT2D eigenvalue weighted by Crippen LogP contribution is -2.12. The number of para-hydroxylation sites is 3. The van der Waals surface area contributed by atoms with Crippen molar-refractivity contribution in [1.82, 2.24) is 9.55 Å². The molecule has 8 aromatic carbocycles. The van der Waals surface area contributed by atoms with E-state index in [0.717, 1.165) is 66.8 Å². The first-order chi connectivity index (χ1) is 25.3. The molecule has 4 nitrogen and oxygen atoms in total. The molecule has 10 aromatic rings. The van der Waals surface area contributed by atoms with Crippen molar-refractivity contribution in [2.75, 3.05) is 4.90 Å². The van der Waals surface area contributed by atoms with Crippen molar-refractivity contribution in [3.8, 4) is 28.3 Å². The van der Waals surface area contributed by atoms with E-state index in [2.05, 4.69) is 167 Å². The fourth-order valence-corrected chi connectivity index (χ4v) is 7.52. The minimum atomic E-state index is 0.619. The van der Waals surface area contributed by atoms with Crippen LogP contribution in [0.5, 0.6) is 0 Å². The van der Waals surface area contributed by atoms with Crippen LogP contribution in [0.25, 0.3) is 71.9 Å². The number of hydrogen-bond acceptors (Lipinski definition) is 3. The number of nitrogens with zero attached hydrogens (tertiary/aromatic N) is 3. The van der Waals surface area contributed by atoms with Gasteiger partial charge in [-0.15, -0.1) is 0 Å². The molecule has 0 saturated carbocycles. The highest BCUT2D eigenvalue weighted by Gasteiger charge is 2.22. The largest absolute Gasteiger partial charge is 0.436 e. The van der Waals surface area contributed by atoms with E-state index in [1.165, 1.54) is 16.3 Å². The van der Waals surface area contributed by atoms with Crippen molar-refractivity contribution in [2.45, 2.75) is 0 Å². The molecule has 0 amide bonds. The Morgan fingerprint density at radius 1 is 0.451 bits per heavy atom. The van der Waals surface area contributed by atoms with Crippen LogP contribution in [0.4, 0.5) is 17.1 Å². The molecule has 10 rings (SSSR count). The maximum atomic E-state index is 6.31. The van der Waals surface area contributed by atoms with E-state index >= 15 is 0 Å². The molecule has 4 heteroatoms. The van der Waals surface area contributed by atoms with Crippen LogP contribution >= 0.6 is 0 Å². The Morgan fingerprint density at radius 3 is 1.90 bits per heavy atom. The van der Waals surface area contributed by atoms with Gasteiger partial charge in [0.2, 0.25) is 5.89 Å². The summed E-state index contributed by atoms with van der Waals surface area (Å²) in [6, 6.07) is 66.3. The zero-order valence-corrected chi connectivity index (χ0v) is 27.6. The Bertz CT molecular complexity index is 2850. The number of rotatable bonds is 6. The van der Waals surface area contributed by atoms with Gasteiger partial charge in [0.1, 0.15) is 5.52 Å². The molecule has 0 bridgehead atoms. The summed E-state index contributed by atoms with van der Waals surface area (Å²) in [5.41, 5.74) is 11.5. The van der Waals surface area contributed by atoms with E-state index in [1.807, 2.05) is 30.3 Å². The lowest BCUT2D eigenvalue weighted by atomic mass is 10.00. The van der Waals surface area contributed by atoms with Crippen LogP contribution in [0.15, 0.2) is 192 Å². The van der Waals surface area contributed by atoms with Gasteiger partial charge >= 0.3 is 0 Å². The Labute approximate surface area is 295 Å². The average molecular weight is 654 g/mol. The second-order valence-electron chi connectivity index (χ2n) is 12.8. The van der Waals surface area contributed by atoms with Gasteiger partial charge in [-0.3, -0.25) is 0 Å². The fraction of sp³-hybridized carbons (Fsp3) is 0.